The molecule has 1 aliphatic heterocycles. The predicted molar refractivity (Wildman–Crippen MR) is 40.4 cm³/mol. The molecule has 1 heteroatoms. The maximum atomic E-state index is 3.51. The van der Waals surface area contributed by atoms with Crippen LogP contribution in [0.2, 0.25) is 0 Å². The molecule has 54 valence electrons. The standard InChI is InChI=1S/C8H17N/c1-6(2)8-4-7(3)5-9-8/h6-9H,4-5H2,1-3H3. The Hall–Kier alpha value is -0.0400. The van der Waals surface area contributed by atoms with Gasteiger partial charge in [0.25, 0.3) is 0 Å². The van der Waals surface area contributed by atoms with Crippen LogP contribution in [0.4, 0.5) is 0 Å². The molecule has 0 aromatic heterocycles. The van der Waals surface area contributed by atoms with E-state index in [9.17, 15) is 0 Å². The first-order valence-electron chi connectivity index (χ1n) is 3.93. The van der Waals surface area contributed by atoms with E-state index < -0.39 is 0 Å². The van der Waals surface area contributed by atoms with Crippen molar-refractivity contribution in [3.63, 3.8) is 0 Å². The molecule has 1 heterocycles. The fraction of sp³-hybridized carbons (Fsp3) is 1.00. The van der Waals surface area contributed by atoms with E-state index >= 15 is 0 Å². The first-order chi connectivity index (χ1) is 4.20. The highest BCUT2D eigenvalue weighted by Crippen LogP contribution is 2.18. The van der Waals surface area contributed by atoms with Crippen molar-refractivity contribution in [2.75, 3.05) is 6.54 Å². The molecule has 0 saturated carbocycles. The summed E-state index contributed by atoms with van der Waals surface area (Å²) in [6.45, 7) is 8.11. The summed E-state index contributed by atoms with van der Waals surface area (Å²) in [5.74, 6) is 1.72. The van der Waals surface area contributed by atoms with Gasteiger partial charge in [-0.05, 0) is 24.8 Å². The van der Waals surface area contributed by atoms with Gasteiger partial charge in [0.1, 0.15) is 0 Å². The molecule has 1 aliphatic rings. The first kappa shape index (κ1) is 7.07. The van der Waals surface area contributed by atoms with Crippen molar-refractivity contribution in [1.82, 2.24) is 5.32 Å². The summed E-state index contributed by atoms with van der Waals surface area (Å²) < 4.78 is 0. The van der Waals surface area contributed by atoms with Gasteiger partial charge in [0, 0.05) is 6.04 Å². The van der Waals surface area contributed by atoms with Crippen LogP contribution in [0.1, 0.15) is 27.2 Å². The molecule has 1 saturated heterocycles. The molecule has 9 heavy (non-hydrogen) atoms. The van der Waals surface area contributed by atoms with E-state index in [0.717, 1.165) is 17.9 Å². The Morgan fingerprint density at radius 1 is 1.44 bits per heavy atom. The summed E-state index contributed by atoms with van der Waals surface area (Å²) in [4.78, 5) is 0. The minimum absolute atomic E-state index is 0.792. The highest BCUT2D eigenvalue weighted by Gasteiger charge is 2.22. The van der Waals surface area contributed by atoms with Gasteiger partial charge in [-0.1, -0.05) is 20.8 Å². The topological polar surface area (TPSA) is 12.0 Å². The van der Waals surface area contributed by atoms with E-state index in [1.54, 1.807) is 0 Å². The lowest BCUT2D eigenvalue weighted by molar-refractivity contribution is 0.444. The summed E-state index contributed by atoms with van der Waals surface area (Å²) in [7, 11) is 0. The van der Waals surface area contributed by atoms with E-state index in [1.807, 2.05) is 0 Å². The van der Waals surface area contributed by atoms with E-state index in [2.05, 4.69) is 26.1 Å². The molecular weight excluding hydrogens is 110 g/mol. The van der Waals surface area contributed by atoms with Crippen molar-refractivity contribution in [1.29, 1.82) is 0 Å². The first-order valence-corrected chi connectivity index (χ1v) is 3.93. The SMILES string of the molecule is CC1CNC(C(C)C)C1. The van der Waals surface area contributed by atoms with Gasteiger partial charge < -0.3 is 5.32 Å². The molecular formula is C8H17N. The molecule has 0 amide bonds. The molecule has 0 bridgehead atoms. The summed E-state index contributed by atoms with van der Waals surface area (Å²) in [6.07, 6.45) is 1.37. The zero-order valence-corrected chi connectivity index (χ0v) is 6.65. The average molecular weight is 127 g/mol. The van der Waals surface area contributed by atoms with Crippen LogP contribution >= 0.6 is 0 Å². The van der Waals surface area contributed by atoms with Gasteiger partial charge in [0.05, 0.1) is 0 Å². The van der Waals surface area contributed by atoms with Gasteiger partial charge in [-0.15, -0.1) is 0 Å². The smallest absolute Gasteiger partial charge is 0.00931 e. The van der Waals surface area contributed by atoms with Crippen LogP contribution < -0.4 is 5.32 Å². The molecule has 0 radical (unpaired) electrons. The Kier molecular flexibility index (Phi) is 2.12. The molecule has 1 fully saturated rings. The van der Waals surface area contributed by atoms with E-state index in [0.29, 0.717) is 0 Å². The Morgan fingerprint density at radius 3 is 2.33 bits per heavy atom. The van der Waals surface area contributed by atoms with Gasteiger partial charge in [-0.25, -0.2) is 0 Å². The third kappa shape index (κ3) is 1.68. The quantitative estimate of drug-likeness (QED) is 0.564. The number of nitrogens with one attached hydrogen (secondary N) is 1. The number of hydrogen-bond donors (Lipinski definition) is 1. The van der Waals surface area contributed by atoms with Gasteiger partial charge in [-0.2, -0.15) is 0 Å². The van der Waals surface area contributed by atoms with E-state index in [1.165, 1.54) is 13.0 Å². The molecule has 2 atom stereocenters. The van der Waals surface area contributed by atoms with Crippen molar-refractivity contribution in [2.24, 2.45) is 11.8 Å². The molecule has 1 rings (SSSR count). The Bertz CT molecular complexity index is 88.6. The van der Waals surface area contributed by atoms with E-state index in [-0.39, 0.29) is 0 Å². The van der Waals surface area contributed by atoms with Crippen LogP contribution in [0, 0.1) is 11.8 Å². The second-order valence-electron chi connectivity index (χ2n) is 3.60. The largest absolute Gasteiger partial charge is 0.313 e. The fourth-order valence-electron chi connectivity index (χ4n) is 1.46. The lowest BCUT2D eigenvalue weighted by Gasteiger charge is -2.13. The molecule has 1 nitrogen and oxygen atoms in total. The summed E-state index contributed by atoms with van der Waals surface area (Å²) >= 11 is 0. The van der Waals surface area contributed by atoms with Crippen LogP contribution in [0.5, 0.6) is 0 Å². The summed E-state index contributed by atoms with van der Waals surface area (Å²) in [5, 5.41) is 3.51. The van der Waals surface area contributed by atoms with E-state index in [4.69, 9.17) is 0 Å². The van der Waals surface area contributed by atoms with Crippen molar-refractivity contribution < 1.29 is 0 Å². The predicted octanol–water partition coefficient (Wildman–Crippen LogP) is 1.64. The van der Waals surface area contributed by atoms with Crippen LogP contribution in [-0.2, 0) is 0 Å². The Labute approximate surface area is 57.8 Å². The van der Waals surface area contributed by atoms with Crippen molar-refractivity contribution >= 4 is 0 Å². The van der Waals surface area contributed by atoms with Gasteiger partial charge in [-0.3, -0.25) is 0 Å². The van der Waals surface area contributed by atoms with Crippen LogP contribution in [0.3, 0.4) is 0 Å². The summed E-state index contributed by atoms with van der Waals surface area (Å²) in [6, 6.07) is 0.792. The second kappa shape index (κ2) is 2.70. The normalized spacial score (nSPS) is 36.0. The van der Waals surface area contributed by atoms with Crippen molar-refractivity contribution in [2.45, 2.75) is 33.2 Å². The van der Waals surface area contributed by atoms with Crippen LogP contribution in [0.15, 0.2) is 0 Å². The zero-order valence-electron chi connectivity index (χ0n) is 6.65. The zero-order chi connectivity index (χ0) is 6.85. The third-order valence-corrected chi connectivity index (χ3v) is 2.19. The van der Waals surface area contributed by atoms with Crippen molar-refractivity contribution in [3.05, 3.63) is 0 Å². The third-order valence-electron chi connectivity index (χ3n) is 2.19. The Balaban J connectivity index is 2.30. The molecule has 0 spiro atoms. The molecule has 2 unspecified atom stereocenters. The highest BCUT2D eigenvalue weighted by atomic mass is 14.9. The molecule has 0 aromatic rings. The Morgan fingerprint density at radius 2 is 2.11 bits per heavy atom. The lowest BCUT2D eigenvalue weighted by atomic mass is 9.99. The van der Waals surface area contributed by atoms with Gasteiger partial charge >= 0.3 is 0 Å². The van der Waals surface area contributed by atoms with Crippen LogP contribution in [0.25, 0.3) is 0 Å². The summed E-state index contributed by atoms with van der Waals surface area (Å²) in [5.41, 5.74) is 0. The fourth-order valence-corrected chi connectivity index (χ4v) is 1.46. The molecule has 0 aliphatic carbocycles. The van der Waals surface area contributed by atoms with Gasteiger partial charge in [0.15, 0.2) is 0 Å². The number of hydrogen-bond acceptors (Lipinski definition) is 1. The molecule has 1 N–H and O–H groups in total. The maximum absolute atomic E-state index is 3.51. The number of rotatable bonds is 1. The average Bonchev–Trinajstić information content (AvgIpc) is 2.14. The van der Waals surface area contributed by atoms with Gasteiger partial charge in [0.2, 0.25) is 0 Å². The minimum Gasteiger partial charge on any atom is -0.313 e. The maximum Gasteiger partial charge on any atom is 0.00931 e. The lowest BCUT2D eigenvalue weighted by Crippen LogP contribution is -2.26. The van der Waals surface area contributed by atoms with Crippen LogP contribution in [-0.4, -0.2) is 12.6 Å². The molecule has 0 aromatic carbocycles. The second-order valence-corrected chi connectivity index (χ2v) is 3.60. The highest BCUT2D eigenvalue weighted by molar-refractivity contribution is 4.80. The van der Waals surface area contributed by atoms with Crippen molar-refractivity contribution in [3.8, 4) is 0 Å². The minimum atomic E-state index is 0.792. The monoisotopic (exact) mass is 127 g/mol.